The summed E-state index contributed by atoms with van der Waals surface area (Å²) in [6.45, 7) is 4.31. The van der Waals surface area contributed by atoms with Gasteiger partial charge in [0, 0.05) is 26.7 Å². The molecule has 23 heavy (non-hydrogen) atoms. The van der Waals surface area contributed by atoms with Crippen LogP contribution in [0.3, 0.4) is 0 Å². The van der Waals surface area contributed by atoms with E-state index >= 15 is 0 Å². The van der Waals surface area contributed by atoms with Gasteiger partial charge in [-0.25, -0.2) is 13.1 Å². The highest BCUT2D eigenvalue weighted by Crippen LogP contribution is 2.07. The lowest BCUT2D eigenvalue weighted by Gasteiger charge is -2.11. The Bertz CT molecular complexity index is 397. The van der Waals surface area contributed by atoms with Crippen molar-refractivity contribution in [3.8, 4) is 0 Å². The zero-order chi connectivity index (χ0) is 17.4. The van der Waals surface area contributed by atoms with Gasteiger partial charge in [0.2, 0.25) is 10.0 Å². The molecule has 0 rings (SSSR count). The summed E-state index contributed by atoms with van der Waals surface area (Å²) in [6.07, 6.45) is 12.4. The molecule has 0 aromatic carbocycles. The third-order valence-electron chi connectivity index (χ3n) is 3.56. The average Bonchev–Trinajstić information content (AvgIpc) is 2.49. The molecule has 138 valence electrons. The molecule has 0 saturated heterocycles. The van der Waals surface area contributed by atoms with Crippen molar-refractivity contribution in [2.45, 2.75) is 64.7 Å². The topological polar surface area (TPSA) is 82.6 Å². The van der Waals surface area contributed by atoms with E-state index in [0.29, 0.717) is 13.1 Å². The molecule has 0 aliphatic heterocycles. The first-order valence-electron chi connectivity index (χ1n) is 8.88. The third kappa shape index (κ3) is 17.4. The molecule has 0 saturated carbocycles. The molecule has 7 heteroatoms. The van der Waals surface area contributed by atoms with Gasteiger partial charge in [0.15, 0.2) is 5.96 Å². The Labute approximate surface area is 143 Å². The number of nitrogens with one attached hydrogen (secondary N) is 3. The molecular weight excluding hydrogens is 312 g/mol. The van der Waals surface area contributed by atoms with Crippen LogP contribution in [0.5, 0.6) is 0 Å². The summed E-state index contributed by atoms with van der Waals surface area (Å²) >= 11 is 0. The Morgan fingerprint density at radius 2 is 1.35 bits per heavy atom. The van der Waals surface area contributed by atoms with Crippen molar-refractivity contribution >= 4 is 16.0 Å². The summed E-state index contributed by atoms with van der Waals surface area (Å²) in [5, 5.41) is 6.47. The van der Waals surface area contributed by atoms with Crippen molar-refractivity contribution in [3.63, 3.8) is 0 Å². The van der Waals surface area contributed by atoms with Gasteiger partial charge in [0.25, 0.3) is 0 Å². The smallest absolute Gasteiger partial charge is 0.208 e. The Balaban J connectivity index is 3.46. The van der Waals surface area contributed by atoms with E-state index in [1.54, 1.807) is 7.05 Å². The maximum absolute atomic E-state index is 10.9. The fourth-order valence-electron chi connectivity index (χ4n) is 2.24. The number of guanidine groups is 1. The SMILES string of the molecule is CCCCCCCCCCNC(=NC)NCCCNS(C)(=O)=O. The molecule has 3 N–H and O–H groups in total. The monoisotopic (exact) mass is 348 g/mol. The summed E-state index contributed by atoms with van der Waals surface area (Å²) in [5.74, 6) is 0.785. The van der Waals surface area contributed by atoms with Gasteiger partial charge < -0.3 is 10.6 Å². The van der Waals surface area contributed by atoms with E-state index < -0.39 is 10.0 Å². The van der Waals surface area contributed by atoms with Gasteiger partial charge in [-0.1, -0.05) is 51.9 Å². The zero-order valence-electron chi connectivity index (χ0n) is 15.2. The highest BCUT2D eigenvalue weighted by atomic mass is 32.2. The number of aliphatic imine (C=N–C) groups is 1. The quantitative estimate of drug-likeness (QED) is 0.255. The fourth-order valence-corrected chi connectivity index (χ4v) is 2.75. The number of nitrogens with zero attached hydrogens (tertiary/aromatic N) is 1. The lowest BCUT2D eigenvalue weighted by molar-refractivity contribution is 0.571. The molecule has 0 aromatic heterocycles. The molecule has 0 amide bonds. The van der Waals surface area contributed by atoms with Gasteiger partial charge in [-0.05, 0) is 12.8 Å². The van der Waals surface area contributed by atoms with Gasteiger partial charge in [-0.2, -0.15) is 0 Å². The summed E-state index contributed by atoms with van der Waals surface area (Å²) in [5.41, 5.74) is 0. The van der Waals surface area contributed by atoms with Gasteiger partial charge in [-0.15, -0.1) is 0 Å². The van der Waals surface area contributed by atoms with E-state index in [2.05, 4.69) is 27.3 Å². The molecule has 0 unspecified atom stereocenters. The molecule has 0 atom stereocenters. The normalized spacial score (nSPS) is 12.4. The second kappa shape index (κ2) is 14.8. The van der Waals surface area contributed by atoms with Crippen LogP contribution in [0.25, 0.3) is 0 Å². The summed E-state index contributed by atoms with van der Waals surface area (Å²) in [7, 11) is -1.34. The summed E-state index contributed by atoms with van der Waals surface area (Å²) in [4.78, 5) is 4.16. The van der Waals surface area contributed by atoms with Gasteiger partial charge in [0.1, 0.15) is 0 Å². The molecule has 0 spiro atoms. The van der Waals surface area contributed by atoms with Crippen LogP contribution in [0.15, 0.2) is 4.99 Å². The minimum Gasteiger partial charge on any atom is -0.356 e. The van der Waals surface area contributed by atoms with Crippen LogP contribution in [0, 0.1) is 0 Å². The first-order valence-corrected chi connectivity index (χ1v) is 10.8. The maximum atomic E-state index is 10.9. The van der Waals surface area contributed by atoms with E-state index in [9.17, 15) is 8.42 Å². The Kier molecular flexibility index (Phi) is 14.2. The van der Waals surface area contributed by atoms with E-state index in [0.717, 1.165) is 25.3 Å². The lowest BCUT2D eigenvalue weighted by atomic mass is 10.1. The number of rotatable bonds is 14. The number of sulfonamides is 1. The number of hydrogen-bond donors (Lipinski definition) is 3. The Morgan fingerprint density at radius 1 is 0.826 bits per heavy atom. The standard InChI is InChI=1S/C16H36N4O2S/c1-4-5-6-7-8-9-10-11-13-18-16(17-2)19-14-12-15-20-23(3,21)22/h20H,4-15H2,1-3H3,(H2,17,18,19). The van der Waals surface area contributed by atoms with Crippen LogP contribution in [0.1, 0.15) is 64.7 Å². The van der Waals surface area contributed by atoms with Crippen LogP contribution in [0.4, 0.5) is 0 Å². The first kappa shape index (κ1) is 22.2. The van der Waals surface area contributed by atoms with Gasteiger partial charge in [0.05, 0.1) is 6.26 Å². The molecule has 0 aromatic rings. The minimum absolute atomic E-state index is 0.445. The number of unbranched alkanes of at least 4 members (excludes halogenated alkanes) is 7. The van der Waals surface area contributed by atoms with Crippen LogP contribution in [-0.2, 0) is 10.0 Å². The van der Waals surface area contributed by atoms with Crippen LogP contribution >= 0.6 is 0 Å². The van der Waals surface area contributed by atoms with Crippen molar-refractivity contribution in [3.05, 3.63) is 0 Å². The first-order chi connectivity index (χ1) is 11.0. The second-order valence-corrected chi connectivity index (χ2v) is 7.75. The largest absolute Gasteiger partial charge is 0.356 e. The van der Waals surface area contributed by atoms with E-state index in [1.807, 2.05) is 0 Å². The van der Waals surface area contributed by atoms with E-state index in [4.69, 9.17) is 0 Å². The third-order valence-corrected chi connectivity index (χ3v) is 4.29. The molecule has 0 radical (unpaired) electrons. The predicted molar refractivity (Wildman–Crippen MR) is 99.4 cm³/mol. The van der Waals surface area contributed by atoms with Gasteiger partial charge >= 0.3 is 0 Å². The predicted octanol–water partition coefficient (Wildman–Crippen LogP) is 2.23. The van der Waals surface area contributed by atoms with Crippen LogP contribution < -0.4 is 15.4 Å². The van der Waals surface area contributed by atoms with Crippen LogP contribution in [-0.4, -0.2) is 47.3 Å². The molecular formula is C16H36N4O2S. The maximum Gasteiger partial charge on any atom is 0.208 e. The summed E-state index contributed by atoms with van der Waals surface area (Å²) < 4.78 is 24.3. The summed E-state index contributed by atoms with van der Waals surface area (Å²) in [6, 6.07) is 0. The van der Waals surface area contributed by atoms with Crippen molar-refractivity contribution in [1.29, 1.82) is 0 Å². The van der Waals surface area contributed by atoms with Crippen LogP contribution in [0.2, 0.25) is 0 Å². The molecule has 6 nitrogen and oxygen atoms in total. The average molecular weight is 349 g/mol. The zero-order valence-corrected chi connectivity index (χ0v) is 16.0. The Hall–Kier alpha value is -0.820. The molecule has 0 heterocycles. The molecule has 0 bridgehead atoms. The highest BCUT2D eigenvalue weighted by molar-refractivity contribution is 7.88. The van der Waals surface area contributed by atoms with Gasteiger partial charge in [-0.3, -0.25) is 4.99 Å². The molecule has 0 aliphatic rings. The molecule has 0 fully saturated rings. The van der Waals surface area contributed by atoms with Crippen molar-refractivity contribution in [2.75, 3.05) is 32.9 Å². The van der Waals surface area contributed by atoms with Crippen molar-refractivity contribution in [1.82, 2.24) is 15.4 Å². The van der Waals surface area contributed by atoms with Crippen molar-refractivity contribution in [2.24, 2.45) is 4.99 Å². The fraction of sp³-hybridized carbons (Fsp3) is 0.938. The second-order valence-electron chi connectivity index (χ2n) is 5.92. The Morgan fingerprint density at radius 3 is 1.87 bits per heavy atom. The van der Waals surface area contributed by atoms with Crippen molar-refractivity contribution < 1.29 is 8.42 Å². The van der Waals surface area contributed by atoms with E-state index in [-0.39, 0.29) is 0 Å². The minimum atomic E-state index is -3.08. The number of hydrogen-bond acceptors (Lipinski definition) is 3. The highest BCUT2D eigenvalue weighted by Gasteiger charge is 2.00. The molecule has 0 aliphatic carbocycles. The van der Waals surface area contributed by atoms with E-state index in [1.165, 1.54) is 51.2 Å². The lowest BCUT2D eigenvalue weighted by Crippen LogP contribution is -2.39.